The van der Waals surface area contributed by atoms with Crippen molar-refractivity contribution in [3.8, 4) is 11.3 Å². The molecule has 9 heteroatoms. The number of carboxylic acids is 2. The van der Waals surface area contributed by atoms with Crippen molar-refractivity contribution < 1.29 is 19.8 Å². The second kappa shape index (κ2) is 9.15. The lowest BCUT2D eigenvalue weighted by Crippen LogP contribution is -2.25. The van der Waals surface area contributed by atoms with Crippen LogP contribution in [0.15, 0.2) is 66.5 Å². The van der Waals surface area contributed by atoms with Gasteiger partial charge in [-0.2, -0.15) is 0 Å². The van der Waals surface area contributed by atoms with E-state index in [0.717, 1.165) is 36.7 Å². The van der Waals surface area contributed by atoms with Crippen LogP contribution >= 0.6 is 0 Å². The summed E-state index contributed by atoms with van der Waals surface area (Å²) in [4.78, 5) is 23.7. The van der Waals surface area contributed by atoms with Crippen LogP contribution in [0.2, 0.25) is 0 Å². The molecule has 1 aromatic carbocycles. The first-order valence-corrected chi connectivity index (χ1v) is 10.5. The third-order valence-electron chi connectivity index (χ3n) is 5.76. The second-order valence-corrected chi connectivity index (χ2v) is 8.21. The fourth-order valence-electron chi connectivity index (χ4n) is 4.21. The molecule has 1 unspecified atom stereocenters. The van der Waals surface area contributed by atoms with Crippen LogP contribution in [0.3, 0.4) is 0 Å². The summed E-state index contributed by atoms with van der Waals surface area (Å²) in [6.45, 7) is 3.13. The van der Waals surface area contributed by atoms with Crippen LogP contribution in [-0.4, -0.2) is 68.5 Å². The quantitative estimate of drug-likeness (QED) is 0.587. The van der Waals surface area contributed by atoms with Crippen molar-refractivity contribution in [2.75, 3.05) is 31.6 Å². The number of aryl methyl sites for hydroxylation is 1. The topological polar surface area (TPSA) is 112 Å². The van der Waals surface area contributed by atoms with E-state index < -0.39 is 11.9 Å². The maximum absolute atomic E-state index is 9.55. The summed E-state index contributed by atoms with van der Waals surface area (Å²) in [7, 11) is 4.21. The van der Waals surface area contributed by atoms with Crippen molar-refractivity contribution in [3.05, 3.63) is 66.5 Å². The van der Waals surface area contributed by atoms with Gasteiger partial charge < -0.3 is 24.6 Å². The van der Waals surface area contributed by atoms with Crippen LogP contribution in [0.4, 0.5) is 5.82 Å². The molecule has 0 radical (unpaired) electrons. The Balaban J connectivity index is 0.000000281. The summed E-state index contributed by atoms with van der Waals surface area (Å²) >= 11 is 0. The Kier molecular flexibility index (Phi) is 6.12. The maximum Gasteiger partial charge on any atom is 0.328 e. The highest BCUT2D eigenvalue weighted by Gasteiger charge is 2.32. The zero-order valence-corrected chi connectivity index (χ0v) is 18.4. The maximum atomic E-state index is 9.55. The number of benzene rings is 1. The number of carbonyl (C=O) groups is 2. The minimum atomic E-state index is -1.26. The molecule has 2 aromatic heterocycles. The van der Waals surface area contributed by atoms with Gasteiger partial charge in [0.25, 0.3) is 0 Å². The van der Waals surface area contributed by atoms with Gasteiger partial charge in [-0.25, -0.2) is 9.59 Å². The summed E-state index contributed by atoms with van der Waals surface area (Å²) in [5.41, 5.74) is 4.78. The van der Waals surface area contributed by atoms with E-state index in [-0.39, 0.29) is 0 Å². The summed E-state index contributed by atoms with van der Waals surface area (Å²) in [5, 5.41) is 25.8. The number of aromatic nitrogens is 3. The van der Waals surface area contributed by atoms with E-state index in [1.165, 1.54) is 16.5 Å². The van der Waals surface area contributed by atoms with Crippen molar-refractivity contribution >= 4 is 28.7 Å². The van der Waals surface area contributed by atoms with Crippen molar-refractivity contribution in [3.63, 3.8) is 0 Å². The molecule has 5 rings (SSSR count). The van der Waals surface area contributed by atoms with E-state index >= 15 is 0 Å². The van der Waals surface area contributed by atoms with Gasteiger partial charge >= 0.3 is 11.9 Å². The highest BCUT2D eigenvalue weighted by Crippen LogP contribution is 2.31. The van der Waals surface area contributed by atoms with E-state index in [9.17, 15) is 9.59 Å². The van der Waals surface area contributed by atoms with Crippen LogP contribution in [0.5, 0.6) is 0 Å². The molecule has 0 bridgehead atoms. The van der Waals surface area contributed by atoms with Crippen LogP contribution in [0.25, 0.3) is 22.2 Å². The number of nitrogens with zero attached hydrogens (tertiary/aromatic N) is 5. The van der Waals surface area contributed by atoms with Gasteiger partial charge in [0.05, 0.1) is 5.69 Å². The van der Waals surface area contributed by atoms with Crippen molar-refractivity contribution in [2.24, 2.45) is 13.0 Å². The van der Waals surface area contributed by atoms with E-state index in [1.54, 1.807) is 0 Å². The van der Waals surface area contributed by atoms with Gasteiger partial charge in [-0.1, -0.05) is 6.07 Å². The molecule has 1 saturated heterocycles. The van der Waals surface area contributed by atoms with Crippen molar-refractivity contribution in [2.45, 2.75) is 0 Å². The fraction of sp³-hybridized carbons (Fsp3) is 0.250. The van der Waals surface area contributed by atoms with E-state index in [2.05, 4.69) is 87.5 Å². The average molecular weight is 447 g/mol. The predicted octanol–water partition coefficient (Wildman–Crippen LogP) is 2.61. The molecular weight excluding hydrogens is 422 g/mol. The van der Waals surface area contributed by atoms with Crippen molar-refractivity contribution in [1.82, 2.24) is 19.7 Å². The highest BCUT2D eigenvalue weighted by molar-refractivity contribution is 5.89. The molecule has 2 aliphatic rings. The number of hydrogen-bond acceptors (Lipinski definition) is 6. The summed E-state index contributed by atoms with van der Waals surface area (Å²) in [5.74, 6) is -0.894. The number of anilines is 1. The van der Waals surface area contributed by atoms with Gasteiger partial charge in [-0.05, 0) is 35.9 Å². The van der Waals surface area contributed by atoms with Gasteiger partial charge in [0.1, 0.15) is 0 Å². The Morgan fingerprint density at radius 1 is 1.00 bits per heavy atom. The Bertz CT molecular complexity index is 1230. The first-order valence-electron chi connectivity index (χ1n) is 10.5. The summed E-state index contributed by atoms with van der Waals surface area (Å²) in [6, 6.07) is 12.8. The number of aliphatic carboxylic acids is 2. The van der Waals surface area contributed by atoms with Crippen LogP contribution < -0.4 is 4.90 Å². The molecule has 2 N–H and O–H groups in total. The summed E-state index contributed by atoms with van der Waals surface area (Å²) < 4.78 is 2.13. The molecule has 170 valence electrons. The molecule has 3 aromatic rings. The van der Waals surface area contributed by atoms with Crippen molar-refractivity contribution in [1.29, 1.82) is 0 Å². The highest BCUT2D eigenvalue weighted by atomic mass is 16.4. The molecule has 9 nitrogen and oxygen atoms in total. The van der Waals surface area contributed by atoms with E-state index in [0.29, 0.717) is 18.1 Å². The Labute approximate surface area is 190 Å². The molecule has 33 heavy (non-hydrogen) atoms. The molecule has 1 atom stereocenters. The lowest BCUT2D eigenvalue weighted by Gasteiger charge is -2.18. The van der Waals surface area contributed by atoms with Gasteiger partial charge in [0.2, 0.25) is 0 Å². The smallest absolute Gasteiger partial charge is 0.328 e. The second-order valence-electron chi connectivity index (χ2n) is 8.21. The molecule has 0 aliphatic carbocycles. The molecule has 1 fully saturated rings. The number of fused-ring (bicyclic) bond motifs is 2. The Morgan fingerprint density at radius 2 is 1.76 bits per heavy atom. The fourth-order valence-corrected chi connectivity index (χ4v) is 4.21. The predicted molar refractivity (Wildman–Crippen MR) is 125 cm³/mol. The monoisotopic (exact) mass is 447 g/mol. The third kappa shape index (κ3) is 5.03. The molecule has 2 aliphatic heterocycles. The van der Waals surface area contributed by atoms with Gasteiger partial charge in [-0.15, -0.1) is 10.2 Å². The average Bonchev–Trinajstić information content (AvgIpc) is 3.45. The molecule has 0 saturated carbocycles. The minimum Gasteiger partial charge on any atom is -0.478 e. The van der Waals surface area contributed by atoms with Crippen LogP contribution in [0, 0.1) is 5.92 Å². The molecule has 4 heterocycles. The zero-order chi connectivity index (χ0) is 23.5. The first kappa shape index (κ1) is 22.1. The number of rotatable bonds is 4. The van der Waals surface area contributed by atoms with E-state index in [4.69, 9.17) is 10.2 Å². The van der Waals surface area contributed by atoms with Gasteiger partial charge in [0, 0.05) is 80.7 Å². The minimum absolute atomic E-state index is 0.558. The van der Waals surface area contributed by atoms with Gasteiger partial charge in [-0.3, -0.25) is 0 Å². The normalized spacial score (nSPS) is 17.2. The number of carboxylic acid groups (broad SMARTS) is 2. The first-order chi connectivity index (χ1) is 15.8. The van der Waals surface area contributed by atoms with Crippen LogP contribution in [0.1, 0.15) is 0 Å². The lowest BCUT2D eigenvalue weighted by molar-refractivity contribution is -0.134. The SMILES string of the molecule is CN1C=C2CN(c3ccc(-c4ccc5c(ccn5C)c4)nn3)CC2C1.O=C(O)C=CC(=O)O. The number of hydrogen-bond donors (Lipinski definition) is 2. The molecule has 0 spiro atoms. The summed E-state index contributed by atoms with van der Waals surface area (Å²) in [6.07, 6.45) is 5.48. The Hall–Kier alpha value is -4.14. The molecule has 0 amide bonds. The van der Waals surface area contributed by atoms with E-state index in [1.807, 2.05) is 0 Å². The third-order valence-corrected chi connectivity index (χ3v) is 5.76. The van der Waals surface area contributed by atoms with Gasteiger partial charge in [0.15, 0.2) is 5.82 Å². The van der Waals surface area contributed by atoms with Crippen LogP contribution in [-0.2, 0) is 16.6 Å². The standard InChI is InChI=1S/C20H21N5.C4H4O4/c1-23-10-16-12-25(13-17(16)11-23)20-6-4-18(21-22-20)14-3-5-19-15(9-14)7-8-24(19)2;5-3(6)1-2-4(7)8/h3-10,17H,11-13H2,1-2H3;1-2H,(H,5,6)(H,7,8). The molecular formula is C24H25N5O4. The zero-order valence-electron chi connectivity index (χ0n) is 18.4. The Morgan fingerprint density at radius 3 is 2.39 bits per heavy atom. The largest absolute Gasteiger partial charge is 0.478 e. The lowest BCUT2D eigenvalue weighted by atomic mass is 10.1.